The first-order valence-electron chi connectivity index (χ1n) is 10.5. The van der Waals surface area contributed by atoms with Gasteiger partial charge in [0.25, 0.3) is 0 Å². The van der Waals surface area contributed by atoms with Crippen LogP contribution in [0.2, 0.25) is 0 Å². The average Bonchev–Trinajstić information content (AvgIpc) is 2.74. The molecule has 0 spiro atoms. The van der Waals surface area contributed by atoms with E-state index in [0.717, 1.165) is 29.4 Å². The molecule has 4 rings (SSSR count). The fourth-order valence-corrected chi connectivity index (χ4v) is 5.24. The molecule has 2 heterocycles. The predicted octanol–water partition coefficient (Wildman–Crippen LogP) is 3.77. The largest absolute Gasteiger partial charge is 0.354 e. The Kier molecular flexibility index (Phi) is 6.57. The first kappa shape index (κ1) is 23.1. The van der Waals surface area contributed by atoms with Gasteiger partial charge in [0.05, 0.1) is 5.75 Å². The number of sulfonamides is 1. The quantitative estimate of drug-likeness (QED) is 0.587. The summed E-state index contributed by atoms with van der Waals surface area (Å²) in [6.07, 6.45) is 0. The Morgan fingerprint density at radius 2 is 1.55 bits per heavy atom. The molecule has 0 atom stereocenters. The summed E-state index contributed by atoms with van der Waals surface area (Å²) in [4.78, 5) is 11.0. The molecule has 1 saturated heterocycles. The number of rotatable bonds is 6. The zero-order valence-corrected chi connectivity index (χ0v) is 19.2. The van der Waals surface area contributed by atoms with Gasteiger partial charge in [-0.1, -0.05) is 17.7 Å². The smallest absolute Gasteiger partial charge is 0.218 e. The minimum Gasteiger partial charge on any atom is -0.354 e. The molecular weight excluding hydrogens is 448 g/mol. The number of nitrogens with zero attached hydrogens (tertiary/aromatic N) is 4. The Balaban J connectivity index is 1.43. The van der Waals surface area contributed by atoms with E-state index in [9.17, 15) is 17.2 Å². The third-order valence-electron chi connectivity index (χ3n) is 5.38. The highest BCUT2D eigenvalue weighted by molar-refractivity contribution is 7.88. The highest BCUT2D eigenvalue weighted by atomic mass is 32.2. The summed E-state index contributed by atoms with van der Waals surface area (Å²) in [5, 5.41) is 3.28. The van der Waals surface area contributed by atoms with Crippen LogP contribution in [0.1, 0.15) is 17.0 Å². The summed E-state index contributed by atoms with van der Waals surface area (Å²) in [6.45, 7) is 5.22. The van der Waals surface area contributed by atoms with Crippen LogP contribution in [0.25, 0.3) is 0 Å². The third kappa shape index (κ3) is 5.82. The van der Waals surface area contributed by atoms with Crippen molar-refractivity contribution in [3.63, 3.8) is 0 Å². The maximum absolute atomic E-state index is 13.4. The molecule has 0 saturated carbocycles. The molecule has 0 amide bonds. The molecule has 0 radical (unpaired) electrons. The molecule has 33 heavy (non-hydrogen) atoms. The van der Waals surface area contributed by atoms with Gasteiger partial charge in [-0.15, -0.1) is 0 Å². The second-order valence-corrected chi connectivity index (χ2v) is 10.0. The Bertz CT molecular complexity index is 1220. The summed E-state index contributed by atoms with van der Waals surface area (Å²) in [6, 6.07) is 12.6. The van der Waals surface area contributed by atoms with Gasteiger partial charge < -0.3 is 10.2 Å². The number of piperazine rings is 1. The van der Waals surface area contributed by atoms with Gasteiger partial charge >= 0.3 is 0 Å². The fraction of sp³-hybridized carbons (Fsp3) is 0.304. The number of aromatic nitrogens is 2. The van der Waals surface area contributed by atoms with Crippen LogP contribution in [0, 0.1) is 25.5 Å². The molecule has 1 aromatic heterocycles. The van der Waals surface area contributed by atoms with Gasteiger partial charge in [-0.3, -0.25) is 0 Å². The summed E-state index contributed by atoms with van der Waals surface area (Å²) in [7, 11) is -3.71. The molecular formula is C23H25F2N5O2S. The fourth-order valence-electron chi connectivity index (χ4n) is 3.75. The normalized spacial score (nSPS) is 15.0. The molecule has 3 aromatic rings. The molecule has 0 bridgehead atoms. The van der Waals surface area contributed by atoms with Crippen LogP contribution in [0.4, 0.5) is 26.1 Å². The van der Waals surface area contributed by atoms with Crippen LogP contribution in [0.5, 0.6) is 0 Å². The van der Waals surface area contributed by atoms with Crippen molar-refractivity contribution in [1.82, 2.24) is 14.3 Å². The van der Waals surface area contributed by atoms with Crippen molar-refractivity contribution in [1.29, 1.82) is 0 Å². The van der Waals surface area contributed by atoms with Gasteiger partial charge in [0.2, 0.25) is 10.0 Å². The van der Waals surface area contributed by atoms with Crippen LogP contribution in [0.3, 0.4) is 0 Å². The standard InChI is InChI=1S/C23H25F2N5O2S/c1-16-3-5-21(6-4-16)28-22-14-23(27-17(2)26-22)29-7-9-30(10-8-29)33(31,32)15-18-11-19(24)13-20(25)12-18/h3-6,11-14H,7-10,15H2,1-2H3,(H,26,27,28). The second-order valence-electron chi connectivity index (χ2n) is 8.07. The summed E-state index contributed by atoms with van der Waals surface area (Å²) >= 11 is 0. The zero-order valence-electron chi connectivity index (χ0n) is 18.4. The molecule has 1 fully saturated rings. The van der Waals surface area contributed by atoms with Gasteiger partial charge in [0.15, 0.2) is 0 Å². The Hall–Kier alpha value is -3.11. The molecule has 7 nitrogen and oxygen atoms in total. The van der Waals surface area contributed by atoms with E-state index in [4.69, 9.17) is 0 Å². The summed E-state index contributed by atoms with van der Waals surface area (Å²) < 4.78 is 53.8. The van der Waals surface area contributed by atoms with Crippen molar-refractivity contribution < 1.29 is 17.2 Å². The zero-order chi connectivity index (χ0) is 23.6. The van der Waals surface area contributed by atoms with E-state index in [1.54, 1.807) is 0 Å². The third-order valence-corrected chi connectivity index (χ3v) is 7.23. The summed E-state index contributed by atoms with van der Waals surface area (Å²) in [5.74, 6) is -0.0616. The highest BCUT2D eigenvalue weighted by Gasteiger charge is 2.28. The van der Waals surface area contributed by atoms with Crippen LogP contribution in [-0.2, 0) is 15.8 Å². The van der Waals surface area contributed by atoms with Crippen molar-refractivity contribution in [2.24, 2.45) is 0 Å². The number of anilines is 3. The van der Waals surface area contributed by atoms with Gasteiger partial charge in [0.1, 0.15) is 29.1 Å². The van der Waals surface area contributed by atoms with Gasteiger partial charge in [-0.05, 0) is 43.7 Å². The average molecular weight is 474 g/mol. The van der Waals surface area contributed by atoms with Gasteiger partial charge in [-0.25, -0.2) is 27.2 Å². The lowest BCUT2D eigenvalue weighted by Crippen LogP contribution is -2.49. The number of aryl methyl sites for hydroxylation is 2. The molecule has 1 N–H and O–H groups in total. The second kappa shape index (κ2) is 9.40. The van der Waals surface area contributed by atoms with Crippen LogP contribution in [0.15, 0.2) is 48.5 Å². The van der Waals surface area contributed by atoms with Crippen molar-refractivity contribution >= 4 is 27.3 Å². The molecule has 0 aliphatic carbocycles. The number of nitrogens with one attached hydrogen (secondary N) is 1. The molecule has 0 unspecified atom stereocenters. The van der Waals surface area contributed by atoms with Gasteiger partial charge in [0, 0.05) is 44.0 Å². The van der Waals surface area contributed by atoms with Gasteiger partial charge in [-0.2, -0.15) is 4.31 Å². The lowest BCUT2D eigenvalue weighted by Gasteiger charge is -2.34. The molecule has 2 aromatic carbocycles. The molecule has 1 aliphatic heterocycles. The van der Waals surface area contributed by atoms with E-state index in [2.05, 4.69) is 15.3 Å². The predicted molar refractivity (Wildman–Crippen MR) is 124 cm³/mol. The Morgan fingerprint density at radius 3 is 2.18 bits per heavy atom. The Labute approximate surface area is 192 Å². The van der Waals surface area contributed by atoms with Crippen molar-refractivity contribution in [2.75, 3.05) is 36.4 Å². The van der Waals surface area contributed by atoms with E-state index >= 15 is 0 Å². The first-order chi connectivity index (χ1) is 15.7. The van der Waals surface area contributed by atoms with Crippen molar-refractivity contribution in [3.05, 3.63) is 77.1 Å². The number of hydrogen-bond acceptors (Lipinski definition) is 6. The molecule has 1 aliphatic rings. The van der Waals surface area contributed by atoms with Crippen LogP contribution < -0.4 is 10.2 Å². The first-order valence-corrected chi connectivity index (χ1v) is 12.2. The topological polar surface area (TPSA) is 78.4 Å². The SMILES string of the molecule is Cc1ccc(Nc2cc(N3CCN(S(=O)(=O)Cc4cc(F)cc(F)c4)CC3)nc(C)n2)cc1. The van der Waals surface area contributed by atoms with Crippen LogP contribution in [-0.4, -0.2) is 48.9 Å². The van der Waals surface area contributed by atoms with E-state index in [0.29, 0.717) is 30.5 Å². The molecule has 174 valence electrons. The lowest BCUT2D eigenvalue weighted by molar-refractivity contribution is 0.383. The van der Waals surface area contributed by atoms with E-state index < -0.39 is 27.4 Å². The number of benzene rings is 2. The number of hydrogen-bond donors (Lipinski definition) is 1. The van der Waals surface area contributed by atoms with E-state index in [1.165, 1.54) is 4.31 Å². The van der Waals surface area contributed by atoms with E-state index in [1.807, 2.05) is 49.1 Å². The lowest BCUT2D eigenvalue weighted by atomic mass is 10.2. The maximum atomic E-state index is 13.4. The summed E-state index contributed by atoms with van der Waals surface area (Å²) in [5.41, 5.74) is 2.16. The monoisotopic (exact) mass is 473 g/mol. The van der Waals surface area contributed by atoms with Crippen molar-refractivity contribution in [2.45, 2.75) is 19.6 Å². The minimum atomic E-state index is -3.71. The number of halogens is 2. The van der Waals surface area contributed by atoms with Crippen LogP contribution >= 0.6 is 0 Å². The Morgan fingerprint density at radius 1 is 0.909 bits per heavy atom. The van der Waals surface area contributed by atoms with Crippen molar-refractivity contribution in [3.8, 4) is 0 Å². The van der Waals surface area contributed by atoms with E-state index in [-0.39, 0.29) is 18.7 Å². The highest BCUT2D eigenvalue weighted by Crippen LogP contribution is 2.23. The minimum absolute atomic E-state index is 0.0909. The molecule has 10 heteroatoms. The maximum Gasteiger partial charge on any atom is 0.218 e.